The Morgan fingerprint density at radius 3 is 2.67 bits per heavy atom. The van der Waals surface area contributed by atoms with E-state index in [2.05, 4.69) is 0 Å². The number of halogens is 1. The Labute approximate surface area is 132 Å². The maximum atomic E-state index is 9.97. The van der Waals surface area contributed by atoms with Gasteiger partial charge in [-0.2, -0.15) is 0 Å². The molecule has 0 unspecified atom stereocenters. The lowest BCUT2D eigenvalue weighted by Gasteiger charge is -2.15. The molecule has 3 rings (SSSR count). The molecule has 0 saturated carbocycles. The molecule has 21 heavy (non-hydrogen) atoms. The van der Waals surface area contributed by atoms with Gasteiger partial charge in [-0.1, -0.05) is 48.0 Å². The Balaban J connectivity index is 1.99. The minimum Gasteiger partial charge on any atom is -0.487 e. The Bertz CT molecular complexity index is 764. The number of benzene rings is 2. The minimum absolute atomic E-state index is 0.450. The second-order valence-electron chi connectivity index (χ2n) is 4.88. The molecule has 4 heteroatoms. The summed E-state index contributed by atoms with van der Waals surface area (Å²) in [7, 11) is 0. The fourth-order valence-corrected chi connectivity index (χ4v) is 3.32. The topological polar surface area (TPSA) is 29.5 Å². The quantitative estimate of drug-likeness (QED) is 0.717. The number of fused-ring (bicyclic) bond motifs is 1. The fourth-order valence-electron chi connectivity index (χ4n) is 2.32. The van der Waals surface area contributed by atoms with Crippen LogP contribution in [0.2, 0.25) is 4.34 Å². The van der Waals surface area contributed by atoms with Crippen molar-refractivity contribution in [3.8, 4) is 5.75 Å². The molecule has 0 radical (unpaired) electrons. The Morgan fingerprint density at radius 1 is 1.14 bits per heavy atom. The maximum Gasteiger partial charge on any atom is 0.133 e. The molecule has 3 aromatic rings. The Morgan fingerprint density at radius 2 is 1.95 bits per heavy atom. The molecular weight excluding hydrogens is 304 g/mol. The van der Waals surface area contributed by atoms with Crippen LogP contribution in [0, 0.1) is 0 Å². The number of aliphatic hydroxyl groups excluding tert-OH is 1. The Kier molecular flexibility index (Phi) is 4.15. The van der Waals surface area contributed by atoms with Gasteiger partial charge in [0.2, 0.25) is 0 Å². The highest BCUT2D eigenvalue weighted by molar-refractivity contribution is 7.16. The van der Waals surface area contributed by atoms with Crippen molar-refractivity contribution in [1.29, 1.82) is 0 Å². The predicted octanol–water partition coefficient (Wildman–Crippen LogP) is 5.19. The summed E-state index contributed by atoms with van der Waals surface area (Å²) in [4.78, 5) is 1.06. The lowest BCUT2D eigenvalue weighted by atomic mass is 10.0. The van der Waals surface area contributed by atoms with Gasteiger partial charge in [-0.05, 0) is 24.4 Å². The molecule has 0 bridgehead atoms. The zero-order chi connectivity index (χ0) is 14.8. The molecule has 0 aliphatic carbocycles. The van der Waals surface area contributed by atoms with E-state index in [-0.39, 0.29) is 0 Å². The van der Waals surface area contributed by atoms with Crippen LogP contribution in [0.5, 0.6) is 5.75 Å². The van der Waals surface area contributed by atoms with Crippen LogP contribution < -0.4 is 4.74 Å². The zero-order valence-corrected chi connectivity index (χ0v) is 13.1. The molecule has 2 aromatic carbocycles. The van der Waals surface area contributed by atoms with Gasteiger partial charge in [-0.25, -0.2) is 0 Å². The van der Waals surface area contributed by atoms with E-state index in [9.17, 15) is 5.11 Å². The molecule has 1 aromatic heterocycles. The summed E-state index contributed by atoms with van der Waals surface area (Å²) in [6.07, 6.45) is -0.573. The average Bonchev–Trinajstić information content (AvgIpc) is 2.90. The van der Waals surface area contributed by atoms with Crippen LogP contribution in [0.15, 0.2) is 48.5 Å². The molecule has 2 nitrogen and oxygen atoms in total. The molecule has 0 spiro atoms. The van der Waals surface area contributed by atoms with Crippen molar-refractivity contribution < 1.29 is 9.84 Å². The summed E-state index contributed by atoms with van der Waals surface area (Å²) in [5.41, 5.74) is 0.802. The molecule has 0 aliphatic heterocycles. The monoisotopic (exact) mass is 318 g/mol. The molecule has 0 aliphatic rings. The van der Waals surface area contributed by atoms with Crippen LogP contribution in [0.1, 0.15) is 23.5 Å². The van der Waals surface area contributed by atoms with E-state index >= 15 is 0 Å². The number of aliphatic hydroxyl groups is 1. The summed E-state index contributed by atoms with van der Waals surface area (Å²) in [5, 5.41) is 12.1. The first-order chi connectivity index (χ1) is 10.1. The minimum atomic E-state index is -0.573. The summed E-state index contributed by atoms with van der Waals surface area (Å²) >= 11 is 7.45. The van der Waals surface area contributed by atoms with Gasteiger partial charge in [0.05, 0.1) is 10.4 Å². The lowest BCUT2D eigenvalue weighted by Crippen LogP contribution is -2.01. The number of ether oxygens (including phenoxy) is 1. The van der Waals surface area contributed by atoms with Crippen molar-refractivity contribution >= 4 is 33.7 Å². The van der Waals surface area contributed by atoms with Gasteiger partial charge < -0.3 is 9.84 Å². The van der Waals surface area contributed by atoms with Gasteiger partial charge >= 0.3 is 0 Å². The van der Waals surface area contributed by atoms with E-state index in [0.29, 0.717) is 6.61 Å². The largest absolute Gasteiger partial charge is 0.487 e. The fraction of sp³-hybridized carbons (Fsp3) is 0.176. The summed E-state index contributed by atoms with van der Waals surface area (Å²) < 4.78 is 6.75. The third-order valence-electron chi connectivity index (χ3n) is 3.35. The summed E-state index contributed by atoms with van der Waals surface area (Å²) in [6.45, 7) is 2.20. The summed E-state index contributed by atoms with van der Waals surface area (Å²) in [5.74, 6) is 0.743. The molecule has 1 heterocycles. The Hall–Kier alpha value is -1.55. The zero-order valence-electron chi connectivity index (χ0n) is 11.5. The van der Waals surface area contributed by atoms with Gasteiger partial charge in [0.25, 0.3) is 0 Å². The highest BCUT2D eigenvalue weighted by Gasteiger charge is 2.13. The second-order valence-corrected chi connectivity index (χ2v) is 6.68. The molecule has 0 amide bonds. The van der Waals surface area contributed by atoms with Gasteiger partial charge in [0.1, 0.15) is 12.4 Å². The van der Waals surface area contributed by atoms with E-state index < -0.39 is 6.10 Å². The van der Waals surface area contributed by atoms with Crippen molar-refractivity contribution in [2.75, 3.05) is 0 Å². The standard InChI is InChI=1S/C17H15ClO2S/c1-11(19)14-8-6-12-4-2-3-5-15(12)17(14)20-10-13-7-9-16(18)21-13/h2-9,11,19H,10H2,1H3/t11-/m0/s1. The second kappa shape index (κ2) is 6.06. The normalized spacial score (nSPS) is 12.5. The number of thiophene rings is 1. The first-order valence-electron chi connectivity index (χ1n) is 6.72. The van der Waals surface area contributed by atoms with Gasteiger partial charge in [0, 0.05) is 15.8 Å². The maximum absolute atomic E-state index is 9.97. The van der Waals surface area contributed by atoms with Crippen molar-refractivity contribution in [3.63, 3.8) is 0 Å². The van der Waals surface area contributed by atoms with Crippen molar-refractivity contribution in [2.24, 2.45) is 0 Å². The predicted molar refractivity (Wildman–Crippen MR) is 88.2 cm³/mol. The molecule has 108 valence electrons. The van der Waals surface area contributed by atoms with Crippen molar-refractivity contribution in [1.82, 2.24) is 0 Å². The van der Waals surface area contributed by atoms with Gasteiger partial charge in [0.15, 0.2) is 0 Å². The van der Waals surface area contributed by atoms with Crippen molar-refractivity contribution in [2.45, 2.75) is 19.6 Å². The van der Waals surface area contributed by atoms with E-state index in [1.54, 1.807) is 6.92 Å². The third kappa shape index (κ3) is 3.05. The van der Waals surface area contributed by atoms with Crippen LogP contribution in [0.3, 0.4) is 0 Å². The number of hydrogen-bond acceptors (Lipinski definition) is 3. The molecule has 0 saturated heterocycles. The van der Waals surface area contributed by atoms with Crippen LogP contribution >= 0.6 is 22.9 Å². The lowest BCUT2D eigenvalue weighted by molar-refractivity contribution is 0.191. The molecule has 1 N–H and O–H groups in total. The van der Waals surface area contributed by atoms with E-state index in [1.165, 1.54) is 11.3 Å². The highest BCUT2D eigenvalue weighted by atomic mass is 35.5. The number of rotatable bonds is 4. The average molecular weight is 319 g/mol. The molecular formula is C17H15ClO2S. The first-order valence-corrected chi connectivity index (χ1v) is 7.91. The van der Waals surface area contributed by atoms with E-state index in [4.69, 9.17) is 16.3 Å². The smallest absolute Gasteiger partial charge is 0.133 e. The van der Waals surface area contributed by atoms with Gasteiger partial charge in [-0.15, -0.1) is 11.3 Å². The SMILES string of the molecule is C[C@H](O)c1ccc2ccccc2c1OCc1ccc(Cl)s1. The van der Waals surface area contributed by atoms with E-state index in [1.807, 2.05) is 48.5 Å². The van der Waals surface area contributed by atoms with E-state index in [0.717, 1.165) is 31.3 Å². The molecule has 1 atom stereocenters. The highest BCUT2D eigenvalue weighted by Crippen LogP contribution is 2.34. The van der Waals surface area contributed by atoms with Crippen molar-refractivity contribution in [3.05, 3.63) is 63.3 Å². The third-order valence-corrected chi connectivity index (χ3v) is 4.55. The summed E-state index contributed by atoms with van der Waals surface area (Å²) in [6, 6.07) is 15.8. The van der Waals surface area contributed by atoms with Crippen LogP contribution in [0.4, 0.5) is 0 Å². The first kappa shape index (κ1) is 14.4. The number of hydrogen-bond donors (Lipinski definition) is 1. The van der Waals surface area contributed by atoms with Crippen LogP contribution in [0.25, 0.3) is 10.8 Å². The van der Waals surface area contributed by atoms with Crippen LogP contribution in [-0.4, -0.2) is 5.11 Å². The molecule has 0 fully saturated rings. The van der Waals surface area contributed by atoms with Gasteiger partial charge in [-0.3, -0.25) is 0 Å². The van der Waals surface area contributed by atoms with Crippen LogP contribution in [-0.2, 0) is 6.61 Å².